The molecule has 3 N–H and O–H groups in total. The fourth-order valence-electron chi connectivity index (χ4n) is 2.39. The molecule has 2 aliphatic rings. The maximum absolute atomic E-state index is 11.5. The predicted molar refractivity (Wildman–Crippen MR) is 83.7 cm³/mol. The fraction of sp³-hybridized carbons (Fsp3) is 0.778. The summed E-state index contributed by atoms with van der Waals surface area (Å²) in [6.45, 7) is -1.05. The van der Waals surface area contributed by atoms with E-state index in [1.54, 1.807) is 0 Å². The molecule has 0 aromatic heterocycles. The number of carbonyl (C=O) groups is 1. The number of aliphatic hydroxyl groups is 2. The van der Waals surface area contributed by atoms with Gasteiger partial charge in [-0.1, -0.05) is 0 Å². The van der Waals surface area contributed by atoms with E-state index in [9.17, 15) is 48.3 Å². The average Bonchev–Trinajstić information content (AvgIpc) is 2.78. The molecule has 0 aromatic rings. The number of aliphatic hydroxyl groups excluding tert-OH is 2. The Labute approximate surface area is 281 Å². The van der Waals surface area contributed by atoms with Gasteiger partial charge in [0.25, 0.3) is 15.6 Å². The second kappa shape index (κ2) is 16.7. The third kappa shape index (κ3) is 13.5. The third-order valence-corrected chi connectivity index (χ3v) is 7.53. The largest absolute Gasteiger partial charge is 1.00 e. The van der Waals surface area contributed by atoms with Crippen LogP contribution in [0.3, 0.4) is 0 Å². The Morgan fingerprint density at radius 1 is 1.03 bits per heavy atom. The van der Waals surface area contributed by atoms with Gasteiger partial charge in [0.15, 0.2) is 11.3 Å². The molecule has 1 amide bonds. The maximum Gasteiger partial charge on any atom is 1.00 e. The second-order valence-corrected chi connectivity index (χ2v) is 10.3. The Morgan fingerprint density at radius 3 is 2.06 bits per heavy atom. The first-order valence-corrected chi connectivity index (χ1v) is 12.2. The molecule has 2 aliphatic heterocycles. The predicted octanol–water partition coefficient (Wildman–Crippen LogP) is -16.6. The van der Waals surface area contributed by atoms with Gasteiger partial charge >= 0.3 is 118 Å². The van der Waals surface area contributed by atoms with E-state index < -0.39 is 54.6 Å². The van der Waals surface area contributed by atoms with Crippen LogP contribution >= 0.6 is 35.7 Å². The van der Waals surface area contributed by atoms with E-state index >= 15 is 0 Å². The molecule has 168 valence electrons. The average molecular weight is 590 g/mol. The van der Waals surface area contributed by atoms with Crippen molar-refractivity contribution in [3.05, 3.63) is 0 Å². The molecule has 33 heavy (non-hydrogen) atoms. The van der Waals surface area contributed by atoms with Gasteiger partial charge in [0.2, 0.25) is 5.91 Å². The van der Waals surface area contributed by atoms with Gasteiger partial charge < -0.3 is 53.8 Å². The Balaban J connectivity index is -0.00000225. The summed E-state index contributed by atoms with van der Waals surface area (Å²) in [6, 6.07) is 0. The van der Waals surface area contributed by atoms with Gasteiger partial charge in [0, 0.05) is 13.0 Å². The fourth-order valence-corrected chi connectivity index (χ4v) is 5.57. The monoisotopic (exact) mass is 590 g/mol. The van der Waals surface area contributed by atoms with Crippen molar-refractivity contribution in [3.63, 3.8) is 0 Å². The van der Waals surface area contributed by atoms with Crippen molar-refractivity contribution >= 4 is 46.7 Å². The molecule has 2 heterocycles. The summed E-state index contributed by atoms with van der Waals surface area (Å²) in [5, 5.41) is 22.2. The van der Waals surface area contributed by atoms with E-state index in [0.29, 0.717) is 0 Å². The van der Waals surface area contributed by atoms with Crippen molar-refractivity contribution in [3.8, 4) is 0 Å². The van der Waals surface area contributed by atoms with Crippen LogP contribution in [0.4, 0.5) is 0 Å². The number of nitrogens with zero attached hydrogens (tertiary/aromatic N) is 1. The van der Waals surface area contributed by atoms with Crippen molar-refractivity contribution < 1.29 is 184 Å². The van der Waals surface area contributed by atoms with Gasteiger partial charge in [0.1, 0.15) is 18.3 Å². The number of ether oxygens (including phenoxy) is 1. The topological polar surface area (TPSA) is 253 Å². The van der Waals surface area contributed by atoms with Crippen LogP contribution in [0.5, 0.6) is 0 Å². The summed E-state index contributed by atoms with van der Waals surface area (Å²) in [7, 11) is -18.0. The number of hydrogen-bond acceptors (Lipinski definition) is 15. The summed E-state index contributed by atoms with van der Waals surface area (Å²) >= 11 is 4.92. The van der Waals surface area contributed by atoms with Crippen molar-refractivity contribution in [2.45, 2.75) is 31.0 Å². The van der Waals surface area contributed by atoms with Crippen molar-refractivity contribution in [1.82, 2.24) is 10.2 Å². The molecule has 0 aliphatic carbocycles. The summed E-state index contributed by atoms with van der Waals surface area (Å²) in [5.41, 5.74) is 0. The zero-order chi connectivity index (χ0) is 22.2. The molecule has 0 aromatic carbocycles. The molecule has 2 unspecified atom stereocenters. The van der Waals surface area contributed by atoms with Crippen LogP contribution in [0, 0.1) is 0 Å². The number of thiocarbonyl (C=S) groups is 1. The van der Waals surface area contributed by atoms with Crippen LogP contribution in [0.2, 0.25) is 0 Å². The van der Waals surface area contributed by atoms with Gasteiger partial charge in [-0.05, 0) is 12.2 Å². The van der Waals surface area contributed by atoms with Crippen molar-refractivity contribution in [2.75, 3.05) is 13.2 Å². The zero-order valence-corrected chi connectivity index (χ0v) is 29.4. The van der Waals surface area contributed by atoms with Crippen LogP contribution in [0.1, 0.15) is 6.42 Å². The standard InChI is InChI=1S/C9H17N2O14P3S.4Na/c12-5-1-2-11(9(29)10-5)8-7(14)6(13)4(23-8)3-22-27(18,19)25-28(20,21)24-26(15,16)17;;;;/h4,6-8,13-14H,1-3H2,(H,18,19)(H,20,21)(H,10,12,29)(H2,15,16,17);;;;/q;4*+1/p-4/t4-,6-,7-,8-;;;;/m1..../s1. The van der Waals surface area contributed by atoms with Crippen LogP contribution in [-0.2, 0) is 36.4 Å². The van der Waals surface area contributed by atoms with Crippen LogP contribution in [0.15, 0.2) is 0 Å². The van der Waals surface area contributed by atoms with E-state index in [4.69, 9.17) is 17.0 Å². The molecule has 0 radical (unpaired) electrons. The number of nitrogens with one attached hydrogen (secondary N) is 1. The summed E-state index contributed by atoms with van der Waals surface area (Å²) in [5.74, 6) is -0.381. The molecular formula is C9H13N2Na4O14P3S. The molecule has 24 heteroatoms. The van der Waals surface area contributed by atoms with Gasteiger partial charge in [-0.15, -0.1) is 0 Å². The zero-order valence-electron chi connectivity index (χ0n) is 17.9. The van der Waals surface area contributed by atoms with Gasteiger partial charge in [-0.2, -0.15) is 0 Å². The maximum atomic E-state index is 11.5. The quantitative estimate of drug-likeness (QED) is 0.135. The number of phosphoric ester groups is 1. The third-order valence-electron chi connectivity index (χ3n) is 3.53. The molecule has 0 saturated carbocycles. The first-order valence-electron chi connectivity index (χ1n) is 7.44. The van der Waals surface area contributed by atoms with E-state index in [0.717, 1.165) is 0 Å². The Bertz CT molecular complexity index is 821. The molecular weight excluding hydrogens is 577 g/mol. The summed E-state index contributed by atoms with van der Waals surface area (Å²) in [6.07, 6.45) is -6.17. The molecule has 2 saturated heterocycles. The molecule has 0 spiro atoms. The van der Waals surface area contributed by atoms with E-state index in [1.165, 1.54) is 4.90 Å². The van der Waals surface area contributed by atoms with Gasteiger partial charge in [-0.3, -0.25) is 18.2 Å². The number of carbonyl (C=O) groups excluding carboxylic acids is 1. The van der Waals surface area contributed by atoms with E-state index in [1.807, 2.05) is 0 Å². The number of phosphoric acid groups is 3. The van der Waals surface area contributed by atoms with E-state index in [-0.39, 0.29) is 142 Å². The minimum atomic E-state index is -6.13. The minimum absolute atomic E-state index is 0. The first-order chi connectivity index (χ1) is 13.1. The molecule has 6 atom stereocenters. The molecule has 0 bridgehead atoms. The Hall–Kier alpha value is 3.65. The number of amides is 1. The van der Waals surface area contributed by atoms with Crippen LogP contribution < -0.4 is 143 Å². The van der Waals surface area contributed by atoms with Crippen LogP contribution in [0.25, 0.3) is 0 Å². The van der Waals surface area contributed by atoms with Gasteiger partial charge in [-0.25, -0.2) is 4.31 Å². The summed E-state index contributed by atoms with van der Waals surface area (Å²) in [4.78, 5) is 55.6. The number of rotatable bonds is 8. The number of hydrogen-bond donors (Lipinski definition) is 3. The second-order valence-electron chi connectivity index (χ2n) is 5.64. The Morgan fingerprint density at radius 2 is 1.58 bits per heavy atom. The van der Waals surface area contributed by atoms with Crippen LogP contribution in [-0.4, -0.2) is 63.8 Å². The minimum Gasteiger partial charge on any atom is -0.790 e. The van der Waals surface area contributed by atoms with Crippen molar-refractivity contribution in [1.29, 1.82) is 0 Å². The SMILES string of the molecule is O=C1CCN([C@@H]2O[C@H](COP(=O)([O-])OP(=O)([O-])OP(=O)([O-])[O-])[C@@H](O)[C@H]2O)C(=S)N1.[Na+].[Na+].[Na+].[Na+]. The molecule has 2 fully saturated rings. The molecule has 2 rings (SSSR count). The smallest absolute Gasteiger partial charge is 0.790 e. The normalized spacial score (nSPS) is 28.6. The Kier molecular flexibility index (Phi) is 20.8. The van der Waals surface area contributed by atoms with Crippen molar-refractivity contribution in [2.24, 2.45) is 0 Å². The first kappa shape index (κ1) is 41.1. The van der Waals surface area contributed by atoms with Gasteiger partial charge in [0.05, 0.1) is 14.4 Å². The molecule has 16 nitrogen and oxygen atoms in total. The van der Waals surface area contributed by atoms with E-state index in [2.05, 4.69) is 18.5 Å². The summed E-state index contributed by atoms with van der Waals surface area (Å²) < 4.78 is 48.7.